The van der Waals surface area contributed by atoms with E-state index in [0.717, 1.165) is 18.4 Å². The summed E-state index contributed by atoms with van der Waals surface area (Å²) in [4.78, 5) is 23.6. The molecule has 1 amide bonds. The van der Waals surface area contributed by atoms with Gasteiger partial charge in [-0.3, -0.25) is 13.9 Å². The number of nitrogens with one attached hydrogen (secondary N) is 1. The molecule has 2 aromatic rings. The maximum atomic E-state index is 12.7. The van der Waals surface area contributed by atoms with Crippen molar-refractivity contribution in [1.29, 1.82) is 0 Å². The van der Waals surface area contributed by atoms with Crippen LogP contribution in [0.5, 0.6) is 0 Å². The van der Waals surface area contributed by atoms with Gasteiger partial charge in [-0.1, -0.05) is 30.3 Å². The highest BCUT2D eigenvalue weighted by Crippen LogP contribution is 2.29. The number of amides is 1. The van der Waals surface area contributed by atoms with Crippen LogP contribution in [0.4, 0.5) is 11.4 Å². The quantitative estimate of drug-likeness (QED) is 0.774. The molecule has 0 unspecified atom stereocenters. The van der Waals surface area contributed by atoms with E-state index in [9.17, 15) is 18.0 Å². The predicted octanol–water partition coefficient (Wildman–Crippen LogP) is 3.00. The minimum Gasteiger partial charge on any atom is -0.326 e. The summed E-state index contributed by atoms with van der Waals surface area (Å²) in [6, 6.07) is 14.0. The molecule has 2 aromatic carbocycles. The topological polar surface area (TPSA) is 83.5 Å². The number of aryl methyl sites for hydroxylation is 1. The molecule has 0 bridgehead atoms. The van der Waals surface area contributed by atoms with Crippen LogP contribution in [0.1, 0.15) is 35.7 Å². The largest absolute Gasteiger partial charge is 0.326 e. The van der Waals surface area contributed by atoms with Crippen LogP contribution >= 0.6 is 0 Å². The highest BCUT2D eigenvalue weighted by atomic mass is 32.2. The number of Topliss-reactive ketones (excluding diaryl/α,β-unsaturated/α-hetero) is 1. The number of rotatable bonds is 6. The highest BCUT2D eigenvalue weighted by molar-refractivity contribution is 7.92. The van der Waals surface area contributed by atoms with E-state index in [1.54, 1.807) is 30.3 Å². The SMILES string of the molecule is CC(=O)c1cccc(NC(=O)CCS(=O)(=O)N2CCCc3ccccc32)c1. The van der Waals surface area contributed by atoms with Crippen molar-refractivity contribution in [2.24, 2.45) is 0 Å². The van der Waals surface area contributed by atoms with Gasteiger partial charge < -0.3 is 5.32 Å². The van der Waals surface area contributed by atoms with Crippen LogP contribution in [0.3, 0.4) is 0 Å². The standard InChI is InChI=1S/C20H22N2O4S/c1-15(23)17-7-4-9-18(14-17)21-20(24)11-13-27(25,26)22-12-5-8-16-6-2-3-10-19(16)22/h2-4,6-7,9-10,14H,5,8,11-13H2,1H3,(H,21,24). The molecule has 0 aromatic heterocycles. The number of fused-ring (bicyclic) bond motifs is 1. The Morgan fingerprint density at radius 3 is 2.67 bits per heavy atom. The van der Waals surface area contributed by atoms with Crippen LogP contribution in [0, 0.1) is 0 Å². The normalized spacial score (nSPS) is 13.7. The maximum Gasteiger partial charge on any atom is 0.235 e. The number of sulfonamides is 1. The Bertz CT molecular complexity index is 969. The molecule has 0 radical (unpaired) electrons. The molecule has 3 rings (SSSR count). The highest BCUT2D eigenvalue weighted by Gasteiger charge is 2.27. The Labute approximate surface area is 159 Å². The first-order valence-electron chi connectivity index (χ1n) is 8.86. The van der Waals surface area contributed by atoms with Gasteiger partial charge in [-0.25, -0.2) is 8.42 Å². The summed E-state index contributed by atoms with van der Waals surface area (Å²) in [6.45, 7) is 1.88. The number of hydrogen-bond acceptors (Lipinski definition) is 4. The molecule has 6 nitrogen and oxygen atoms in total. The van der Waals surface area contributed by atoms with Gasteiger partial charge in [0.25, 0.3) is 0 Å². The third kappa shape index (κ3) is 4.54. The number of para-hydroxylation sites is 1. The van der Waals surface area contributed by atoms with Crippen LogP contribution < -0.4 is 9.62 Å². The molecular weight excluding hydrogens is 364 g/mol. The number of carbonyl (C=O) groups excluding carboxylic acids is 2. The van der Waals surface area contributed by atoms with Gasteiger partial charge in [0.15, 0.2) is 5.78 Å². The van der Waals surface area contributed by atoms with Crippen LogP contribution in [0.15, 0.2) is 48.5 Å². The second-order valence-corrected chi connectivity index (χ2v) is 8.57. The van der Waals surface area contributed by atoms with Gasteiger partial charge in [0.05, 0.1) is 11.4 Å². The lowest BCUT2D eigenvalue weighted by Gasteiger charge is -2.30. The van der Waals surface area contributed by atoms with E-state index >= 15 is 0 Å². The van der Waals surface area contributed by atoms with Crippen molar-refractivity contribution < 1.29 is 18.0 Å². The minimum atomic E-state index is -3.59. The van der Waals surface area contributed by atoms with Crippen molar-refractivity contribution in [2.45, 2.75) is 26.2 Å². The number of hydrogen-bond donors (Lipinski definition) is 1. The molecule has 1 heterocycles. The van der Waals surface area contributed by atoms with E-state index in [1.165, 1.54) is 11.2 Å². The van der Waals surface area contributed by atoms with E-state index in [1.807, 2.05) is 18.2 Å². The predicted molar refractivity (Wildman–Crippen MR) is 106 cm³/mol. The summed E-state index contributed by atoms with van der Waals surface area (Å²) in [5.74, 6) is -0.762. The number of benzene rings is 2. The molecule has 1 aliphatic rings. The molecule has 0 saturated carbocycles. The summed E-state index contributed by atoms with van der Waals surface area (Å²) in [6.07, 6.45) is 1.47. The third-order valence-corrected chi connectivity index (χ3v) is 6.31. The molecule has 0 spiro atoms. The molecule has 1 aliphatic heterocycles. The lowest BCUT2D eigenvalue weighted by atomic mass is 10.0. The fourth-order valence-electron chi connectivity index (χ4n) is 3.16. The first-order valence-corrected chi connectivity index (χ1v) is 10.5. The Hall–Kier alpha value is -2.67. The van der Waals surface area contributed by atoms with E-state index in [0.29, 0.717) is 23.5 Å². The van der Waals surface area contributed by atoms with Crippen LogP contribution in [-0.2, 0) is 21.2 Å². The average Bonchev–Trinajstić information content (AvgIpc) is 2.66. The van der Waals surface area contributed by atoms with E-state index in [-0.39, 0.29) is 18.0 Å². The molecule has 27 heavy (non-hydrogen) atoms. The van der Waals surface area contributed by atoms with Crippen LogP contribution in [-0.4, -0.2) is 32.4 Å². The fourth-order valence-corrected chi connectivity index (χ4v) is 4.71. The van der Waals surface area contributed by atoms with Gasteiger partial charge in [0.1, 0.15) is 0 Å². The zero-order valence-electron chi connectivity index (χ0n) is 15.1. The van der Waals surface area contributed by atoms with Crippen LogP contribution in [0.2, 0.25) is 0 Å². The second-order valence-electron chi connectivity index (χ2n) is 6.56. The number of carbonyl (C=O) groups is 2. The Morgan fingerprint density at radius 2 is 1.89 bits per heavy atom. The molecule has 1 N–H and O–H groups in total. The van der Waals surface area contributed by atoms with E-state index < -0.39 is 15.9 Å². The molecule has 142 valence electrons. The minimum absolute atomic E-state index is 0.0996. The van der Waals surface area contributed by atoms with Crippen molar-refractivity contribution in [3.8, 4) is 0 Å². The van der Waals surface area contributed by atoms with Crippen molar-refractivity contribution >= 4 is 33.1 Å². The molecule has 0 saturated heterocycles. The summed E-state index contributed by atoms with van der Waals surface area (Å²) >= 11 is 0. The second kappa shape index (κ2) is 7.92. The van der Waals surface area contributed by atoms with Gasteiger partial charge in [-0.05, 0) is 43.5 Å². The van der Waals surface area contributed by atoms with Gasteiger partial charge in [-0.2, -0.15) is 0 Å². The summed E-state index contributed by atoms with van der Waals surface area (Å²) < 4.78 is 26.9. The van der Waals surface area contributed by atoms with Gasteiger partial charge in [0.2, 0.25) is 15.9 Å². The lowest BCUT2D eigenvalue weighted by molar-refractivity contribution is -0.115. The average molecular weight is 386 g/mol. The lowest BCUT2D eigenvalue weighted by Crippen LogP contribution is -2.37. The zero-order valence-corrected chi connectivity index (χ0v) is 16.0. The van der Waals surface area contributed by atoms with Gasteiger partial charge in [0, 0.05) is 24.2 Å². The molecular formula is C20H22N2O4S. The number of nitrogens with zero attached hydrogens (tertiary/aromatic N) is 1. The number of anilines is 2. The molecule has 0 atom stereocenters. The molecule has 0 aliphatic carbocycles. The Kier molecular flexibility index (Phi) is 5.60. The van der Waals surface area contributed by atoms with Crippen LogP contribution in [0.25, 0.3) is 0 Å². The monoisotopic (exact) mass is 386 g/mol. The number of ketones is 1. The first-order chi connectivity index (χ1) is 12.9. The van der Waals surface area contributed by atoms with Crippen molar-refractivity contribution in [3.63, 3.8) is 0 Å². The first kappa shape index (κ1) is 19.1. The van der Waals surface area contributed by atoms with Crippen molar-refractivity contribution in [2.75, 3.05) is 21.9 Å². The van der Waals surface area contributed by atoms with Crippen molar-refractivity contribution in [1.82, 2.24) is 0 Å². The van der Waals surface area contributed by atoms with Gasteiger partial charge >= 0.3 is 0 Å². The maximum absolute atomic E-state index is 12.7. The molecule has 7 heteroatoms. The zero-order chi connectivity index (χ0) is 19.4. The summed E-state index contributed by atoms with van der Waals surface area (Å²) in [5.41, 5.74) is 2.69. The molecule has 0 fully saturated rings. The summed E-state index contributed by atoms with van der Waals surface area (Å²) in [7, 11) is -3.59. The smallest absolute Gasteiger partial charge is 0.235 e. The Morgan fingerprint density at radius 1 is 1.11 bits per heavy atom. The van der Waals surface area contributed by atoms with E-state index in [2.05, 4.69) is 5.32 Å². The Balaban J connectivity index is 1.65. The fraction of sp³-hybridized carbons (Fsp3) is 0.300. The van der Waals surface area contributed by atoms with Gasteiger partial charge in [-0.15, -0.1) is 0 Å². The third-order valence-electron chi connectivity index (χ3n) is 4.54. The van der Waals surface area contributed by atoms with Crippen molar-refractivity contribution in [3.05, 3.63) is 59.7 Å². The summed E-state index contributed by atoms with van der Waals surface area (Å²) in [5, 5.41) is 2.66. The van der Waals surface area contributed by atoms with E-state index in [4.69, 9.17) is 0 Å².